The second-order valence-corrected chi connectivity index (χ2v) is 20.0. The lowest BCUT2D eigenvalue weighted by Gasteiger charge is -2.34. The van der Waals surface area contributed by atoms with Crippen molar-refractivity contribution in [3.63, 3.8) is 0 Å². The zero-order valence-corrected chi connectivity index (χ0v) is 40.3. The van der Waals surface area contributed by atoms with Crippen LogP contribution in [0.15, 0.2) is 267 Å². The number of aromatic nitrogens is 1. The molecule has 0 N–H and O–H groups in total. The maximum Gasteiger partial charge on any atom is 0.0714 e. The highest BCUT2D eigenvalue weighted by atomic mass is 15.1. The van der Waals surface area contributed by atoms with Gasteiger partial charge in [-0.2, -0.15) is 0 Å². The van der Waals surface area contributed by atoms with Gasteiger partial charge >= 0.3 is 0 Å². The molecule has 0 bridgehead atoms. The van der Waals surface area contributed by atoms with Crippen LogP contribution in [0.2, 0.25) is 0 Å². The van der Waals surface area contributed by atoms with Gasteiger partial charge in [0.15, 0.2) is 0 Å². The van der Waals surface area contributed by atoms with Gasteiger partial charge in [-0.3, -0.25) is 0 Å². The van der Waals surface area contributed by atoms with Crippen molar-refractivity contribution in [2.45, 2.75) is 24.7 Å². The van der Waals surface area contributed by atoms with E-state index >= 15 is 0 Å². The summed E-state index contributed by atoms with van der Waals surface area (Å²) in [6.07, 6.45) is 0. The van der Waals surface area contributed by atoms with E-state index < -0.39 is 5.41 Å². The second-order valence-electron chi connectivity index (χ2n) is 20.0. The van der Waals surface area contributed by atoms with Crippen LogP contribution in [-0.4, -0.2) is 4.57 Å². The fraction of sp³-hybridized carbons (Fsp3) is 0.0571. The molecule has 0 spiro atoms. The van der Waals surface area contributed by atoms with Crippen molar-refractivity contribution in [1.82, 2.24) is 4.57 Å². The van der Waals surface area contributed by atoms with E-state index in [1.165, 1.54) is 94.1 Å². The lowest BCUT2D eigenvalue weighted by atomic mass is 9.68. The van der Waals surface area contributed by atoms with Gasteiger partial charge in [0.25, 0.3) is 0 Å². The van der Waals surface area contributed by atoms with Crippen LogP contribution in [0.3, 0.4) is 0 Å². The Labute approximate surface area is 421 Å². The number of nitrogens with zero attached hydrogens (tertiary/aromatic N) is 2. The van der Waals surface area contributed by atoms with Crippen LogP contribution in [0.4, 0.5) is 17.1 Å². The van der Waals surface area contributed by atoms with Crippen molar-refractivity contribution in [1.29, 1.82) is 0 Å². The van der Waals surface area contributed by atoms with Gasteiger partial charge in [-0.25, -0.2) is 0 Å². The Balaban J connectivity index is 0.925. The summed E-state index contributed by atoms with van der Waals surface area (Å²) in [5, 5.41) is 2.52. The van der Waals surface area contributed by atoms with Crippen molar-refractivity contribution >= 4 is 38.9 Å². The number of rotatable bonds is 8. The van der Waals surface area contributed by atoms with Gasteiger partial charge in [-0.05, 0) is 133 Å². The summed E-state index contributed by atoms with van der Waals surface area (Å²) in [6.45, 7) is 4.72. The highest BCUT2D eigenvalue weighted by Crippen LogP contribution is 2.59. The Morgan fingerprint density at radius 1 is 0.333 bits per heavy atom. The molecule has 0 radical (unpaired) electrons. The third-order valence-electron chi connectivity index (χ3n) is 15.9. The van der Waals surface area contributed by atoms with Gasteiger partial charge < -0.3 is 9.47 Å². The summed E-state index contributed by atoms with van der Waals surface area (Å²) < 4.78 is 2.40. The third-order valence-corrected chi connectivity index (χ3v) is 15.9. The Hall–Kier alpha value is -8.98. The molecule has 0 atom stereocenters. The molecule has 12 aromatic rings. The van der Waals surface area contributed by atoms with Crippen LogP contribution < -0.4 is 4.90 Å². The minimum absolute atomic E-state index is 0.0735. The number of fused-ring (bicyclic) bond motifs is 9. The smallest absolute Gasteiger partial charge is 0.0714 e. The van der Waals surface area contributed by atoms with Crippen LogP contribution in [0.5, 0.6) is 0 Å². The van der Waals surface area contributed by atoms with Crippen LogP contribution in [-0.2, 0) is 10.8 Å². The lowest BCUT2D eigenvalue weighted by molar-refractivity contribution is 0.660. The van der Waals surface area contributed by atoms with Crippen molar-refractivity contribution in [2.75, 3.05) is 4.90 Å². The molecule has 0 unspecified atom stereocenters. The van der Waals surface area contributed by atoms with Gasteiger partial charge in [-0.1, -0.05) is 220 Å². The molecule has 72 heavy (non-hydrogen) atoms. The zero-order chi connectivity index (χ0) is 48.0. The molecule has 14 rings (SSSR count). The molecule has 11 aromatic carbocycles. The van der Waals surface area contributed by atoms with Crippen LogP contribution in [0, 0.1) is 0 Å². The molecule has 2 heteroatoms. The summed E-state index contributed by atoms with van der Waals surface area (Å²) >= 11 is 0. The summed E-state index contributed by atoms with van der Waals surface area (Å²) in [7, 11) is 0. The summed E-state index contributed by atoms with van der Waals surface area (Å²) in [6, 6.07) is 99.0. The van der Waals surface area contributed by atoms with E-state index in [0.717, 1.165) is 28.3 Å². The van der Waals surface area contributed by atoms with E-state index in [1.54, 1.807) is 0 Å². The number of hydrogen-bond donors (Lipinski definition) is 0. The molecule has 1 aromatic heterocycles. The van der Waals surface area contributed by atoms with Gasteiger partial charge in [0, 0.05) is 38.8 Å². The highest BCUT2D eigenvalue weighted by Gasteiger charge is 2.47. The van der Waals surface area contributed by atoms with Crippen molar-refractivity contribution < 1.29 is 0 Å². The quantitative estimate of drug-likeness (QED) is 0.147. The second kappa shape index (κ2) is 16.3. The Kier molecular flexibility index (Phi) is 9.50. The van der Waals surface area contributed by atoms with Crippen LogP contribution in [0.1, 0.15) is 47.2 Å². The van der Waals surface area contributed by atoms with E-state index in [0.29, 0.717) is 0 Å². The molecule has 0 saturated heterocycles. The van der Waals surface area contributed by atoms with E-state index in [1.807, 2.05) is 0 Å². The predicted octanol–water partition coefficient (Wildman–Crippen LogP) is 18.3. The van der Waals surface area contributed by atoms with Gasteiger partial charge in [0.2, 0.25) is 0 Å². The molecule has 340 valence electrons. The minimum atomic E-state index is -0.522. The molecule has 2 aliphatic rings. The first-order valence-corrected chi connectivity index (χ1v) is 25.2. The van der Waals surface area contributed by atoms with E-state index in [2.05, 4.69) is 290 Å². The van der Waals surface area contributed by atoms with Gasteiger partial charge in [0.1, 0.15) is 0 Å². The topological polar surface area (TPSA) is 8.17 Å². The minimum Gasteiger partial charge on any atom is -0.310 e. The molecule has 1 heterocycles. The average molecular weight is 919 g/mol. The number of para-hydroxylation sites is 2. The maximum absolute atomic E-state index is 2.48. The van der Waals surface area contributed by atoms with Crippen molar-refractivity contribution in [2.24, 2.45) is 0 Å². The average Bonchev–Trinajstić information content (AvgIpc) is 4.03. The Morgan fingerprint density at radius 2 is 0.819 bits per heavy atom. The summed E-state index contributed by atoms with van der Waals surface area (Å²) in [5.74, 6) is 0. The van der Waals surface area contributed by atoms with Crippen LogP contribution >= 0.6 is 0 Å². The standard InChI is InChI=1S/C70H50N2/c1-69(2)61-29-13-9-25-56(61)57-44-39-50(46-64(57)69)48-37-42-54(43-38-48)71(53-40-35-47(36-41-53)49-19-17-24-55(45-49)72-65-32-15-11-26-58(65)59-27-12-16-33-66(59)72)67-34-18-31-63-68(67)60-28-10-14-30-62(60)70(63,51-20-5-3-6-21-51)52-22-7-4-8-23-52/h3-46H,1-2H3. The van der Waals surface area contributed by atoms with E-state index in [-0.39, 0.29) is 5.41 Å². The van der Waals surface area contributed by atoms with E-state index in [4.69, 9.17) is 0 Å². The molecular formula is C70H50N2. The number of benzene rings is 11. The lowest BCUT2D eigenvalue weighted by Crippen LogP contribution is -2.28. The monoisotopic (exact) mass is 918 g/mol. The fourth-order valence-corrected chi connectivity index (χ4v) is 12.6. The Morgan fingerprint density at radius 3 is 1.46 bits per heavy atom. The molecule has 0 amide bonds. The molecule has 2 nitrogen and oxygen atoms in total. The first-order valence-electron chi connectivity index (χ1n) is 25.2. The Bertz CT molecular complexity index is 3950. The molecule has 2 aliphatic carbocycles. The van der Waals surface area contributed by atoms with E-state index in [9.17, 15) is 0 Å². The zero-order valence-electron chi connectivity index (χ0n) is 40.3. The summed E-state index contributed by atoms with van der Waals surface area (Å²) in [4.78, 5) is 2.48. The molecule has 0 aliphatic heterocycles. The molecular weight excluding hydrogens is 869 g/mol. The number of hydrogen-bond acceptors (Lipinski definition) is 1. The highest BCUT2D eigenvalue weighted by molar-refractivity contribution is 6.09. The van der Waals surface area contributed by atoms with Crippen molar-refractivity contribution in [3.05, 3.63) is 300 Å². The SMILES string of the molecule is CC1(C)c2ccccc2-c2ccc(-c3ccc(N(c4ccc(-c5cccc(-n6c7ccccc7c7ccccc76)c5)cc4)c4cccc5c4-c4ccccc4C5(c4ccccc4)c4ccccc4)cc3)cc21. The molecule has 0 fully saturated rings. The molecule has 0 saturated carbocycles. The fourth-order valence-electron chi connectivity index (χ4n) is 12.6. The first-order chi connectivity index (χ1) is 35.5. The predicted molar refractivity (Wildman–Crippen MR) is 301 cm³/mol. The summed E-state index contributed by atoms with van der Waals surface area (Å²) in [5.41, 5.74) is 24.1. The maximum atomic E-state index is 2.48. The van der Waals surface area contributed by atoms with Crippen molar-refractivity contribution in [3.8, 4) is 50.2 Å². The van der Waals surface area contributed by atoms with Gasteiger partial charge in [-0.15, -0.1) is 0 Å². The van der Waals surface area contributed by atoms with Gasteiger partial charge in [0.05, 0.1) is 22.1 Å². The third kappa shape index (κ3) is 6.22. The normalized spacial score (nSPS) is 13.6. The first kappa shape index (κ1) is 41.9. The largest absolute Gasteiger partial charge is 0.310 e. The van der Waals surface area contributed by atoms with Crippen LogP contribution in [0.25, 0.3) is 72.0 Å². The number of anilines is 3.